The summed E-state index contributed by atoms with van der Waals surface area (Å²) in [5.41, 5.74) is 0.603. The molecule has 0 aliphatic carbocycles. The van der Waals surface area contributed by atoms with Crippen molar-refractivity contribution in [3.8, 4) is 0 Å². The summed E-state index contributed by atoms with van der Waals surface area (Å²) in [7, 11) is -3.77. The minimum absolute atomic E-state index is 0.0818. The second kappa shape index (κ2) is 7.92. The van der Waals surface area contributed by atoms with Crippen LogP contribution in [0.1, 0.15) is 37.3 Å². The van der Waals surface area contributed by atoms with Crippen LogP contribution >= 0.6 is 11.3 Å². The Labute approximate surface area is 147 Å². The van der Waals surface area contributed by atoms with E-state index in [9.17, 15) is 13.2 Å². The van der Waals surface area contributed by atoms with Crippen molar-refractivity contribution in [3.05, 3.63) is 52.9 Å². The van der Waals surface area contributed by atoms with Gasteiger partial charge in [0.1, 0.15) is 10.3 Å². The summed E-state index contributed by atoms with van der Waals surface area (Å²) in [6.45, 7) is 5.64. The summed E-state index contributed by atoms with van der Waals surface area (Å²) in [5, 5.41) is 2.77. The van der Waals surface area contributed by atoms with Crippen LogP contribution in [0.5, 0.6) is 0 Å². The minimum atomic E-state index is -3.77. The lowest BCUT2D eigenvalue weighted by atomic mass is 10.1. The molecule has 5 nitrogen and oxygen atoms in total. The maximum absolute atomic E-state index is 12.7. The van der Waals surface area contributed by atoms with Gasteiger partial charge < -0.3 is 5.32 Å². The molecule has 0 saturated heterocycles. The number of amides is 1. The third-order valence-corrected chi connectivity index (χ3v) is 6.49. The predicted molar refractivity (Wildman–Crippen MR) is 96.5 cm³/mol. The summed E-state index contributed by atoms with van der Waals surface area (Å²) in [6.07, 6.45) is 0.774. The van der Waals surface area contributed by atoms with Gasteiger partial charge >= 0.3 is 0 Å². The second-order valence-electron chi connectivity index (χ2n) is 5.70. The summed E-state index contributed by atoms with van der Waals surface area (Å²) in [6, 6.07) is 11.2. The molecule has 2 N–H and O–H groups in total. The fourth-order valence-electron chi connectivity index (χ4n) is 2.19. The van der Waals surface area contributed by atoms with E-state index in [0.717, 1.165) is 11.3 Å². The van der Waals surface area contributed by atoms with E-state index in [4.69, 9.17) is 0 Å². The number of hydrogen-bond donors (Lipinski definition) is 2. The number of nitrogens with one attached hydrogen (secondary N) is 2. The van der Waals surface area contributed by atoms with Gasteiger partial charge in [0.15, 0.2) is 0 Å². The zero-order valence-corrected chi connectivity index (χ0v) is 15.6. The fourth-order valence-corrected chi connectivity index (χ4v) is 4.69. The molecule has 0 radical (unpaired) electrons. The van der Waals surface area contributed by atoms with Gasteiger partial charge in [-0.25, -0.2) is 8.42 Å². The molecule has 0 fully saturated rings. The van der Waals surface area contributed by atoms with Crippen LogP contribution in [-0.4, -0.2) is 20.4 Å². The molecular formula is C17H22N2O3S2. The van der Waals surface area contributed by atoms with Crippen molar-refractivity contribution in [2.75, 3.05) is 0 Å². The number of rotatable bonds is 7. The van der Waals surface area contributed by atoms with Gasteiger partial charge in [-0.2, -0.15) is 4.72 Å². The molecule has 1 atom stereocenters. The third-order valence-electron chi connectivity index (χ3n) is 3.35. The van der Waals surface area contributed by atoms with Crippen LogP contribution in [0.15, 0.2) is 46.7 Å². The van der Waals surface area contributed by atoms with Crippen LogP contribution in [0.4, 0.5) is 0 Å². The van der Waals surface area contributed by atoms with Gasteiger partial charge in [0.2, 0.25) is 5.91 Å². The molecule has 24 heavy (non-hydrogen) atoms. The standard InChI is InChI=1S/C17H22N2O3S2/c1-4-14-10-11-15(23-14)24(21,22)19-16(17(20)18-12(2)3)13-8-6-5-7-9-13/h5-12,16,19H,4H2,1-3H3,(H,18,20)/t16-/m0/s1. The molecule has 2 rings (SSSR count). The Kier molecular flexibility index (Phi) is 6.15. The van der Waals surface area contributed by atoms with Crippen molar-refractivity contribution >= 4 is 27.3 Å². The molecule has 130 valence electrons. The topological polar surface area (TPSA) is 75.3 Å². The number of thiophene rings is 1. The smallest absolute Gasteiger partial charge is 0.251 e. The first-order chi connectivity index (χ1) is 11.3. The Bertz CT molecular complexity index is 783. The van der Waals surface area contributed by atoms with Crippen LogP contribution < -0.4 is 10.0 Å². The van der Waals surface area contributed by atoms with Gasteiger partial charge in [-0.1, -0.05) is 37.3 Å². The molecule has 0 aliphatic rings. The maximum Gasteiger partial charge on any atom is 0.251 e. The minimum Gasteiger partial charge on any atom is -0.352 e. The lowest BCUT2D eigenvalue weighted by Gasteiger charge is -2.20. The maximum atomic E-state index is 12.7. The number of carbonyl (C=O) groups is 1. The first kappa shape index (κ1) is 18.6. The highest BCUT2D eigenvalue weighted by atomic mass is 32.2. The van der Waals surface area contributed by atoms with Crippen LogP contribution in [0.2, 0.25) is 0 Å². The highest BCUT2D eigenvalue weighted by molar-refractivity contribution is 7.91. The summed E-state index contributed by atoms with van der Waals surface area (Å²) in [4.78, 5) is 13.5. The third kappa shape index (κ3) is 4.66. The van der Waals surface area contributed by atoms with Gasteiger partial charge in [0.25, 0.3) is 10.0 Å². The fraction of sp³-hybridized carbons (Fsp3) is 0.353. The van der Waals surface area contributed by atoms with E-state index in [1.165, 1.54) is 11.3 Å². The van der Waals surface area contributed by atoms with Crippen LogP contribution in [-0.2, 0) is 21.2 Å². The molecule has 1 aromatic heterocycles. The lowest BCUT2D eigenvalue weighted by molar-refractivity contribution is -0.123. The van der Waals surface area contributed by atoms with Gasteiger partial charge in [-0.15, -0.1) is 11.3 Å². The molecule has 1 heterocycles. The molecule has 0 spiro atoms. The van der Waals surface area contributed by atoms with E-state index in [1.807, 2.05) is 26.8 Å². The predicted octanol–water partition coefficient (Wildman–Crippen LogP) is 2.85. The molecule has 0 saturated carbocycles. The molecule has 0 unspecified atom stereocenters. The van der Waals surface area contributed by atoms with E-state index >= 15 is 0 Å². The van der Waals surface area contributed by atoms with E-state index in [0.29, 0.717) is 5.56 Å². The van der Waals surface area contributed by atoms with Gasteiger partial charge in [0.05, 0.1) is 0 Å². The number of carbonyl (C=O) groups excluding carboxylic acids is 1. The molecule has 0 bridgehead atoms. The molecule has 0 aliphatic heterocycles. The van der Waals surface area contributed by atoms with Gasteiger partial charge in [-0.05, 0) is 38.0 Å². The highest BCUT2D eigenvalue weighted by Crippen LogP contribution is 2.24. The second-order valence-corrected chi connectivity index (χ2v) is 8.81. The zero-order valence-electron chi connectivity index (χ0n) is 13.9. The number of sulfonamides is 1. The van der Waals surface area contributed by atoms with Crippen molar-refractivity contribution < 1.29 is 13.2 Å². The number of hydrogen-bond acceptors (Lipinski definition) is 4. The molecule has 2 aromatic rings. The first-order valence-corrected chi connectivity index (χ1v) is 10.1. The first-order valence-electron chi connectivity index (χ1n) is 7.80. The van der Waals surface area contributed by atoms with Crippen molar-refractivity contribution in [3.63, 3.8) is 0 Å². The van der Waals surface area contributed by atoms with E-state index in [2.05, 4.69) is 10.0 Å². The quantitative estimate of drug-likeness (QED) is 0.791. The molecule has 1 aromatic carbocycles. The van der Waals surface area contributed by atoms with Crippen LogP contribution in [0.3, 0.4) is 0 Å². The average molecular weight is 367 g/mol. The highest BCUT2D eigenvalue weighted by Gasteiger charge is 2.28. The molecule has 7 heteroatoms. The Morgan fingerprint density at radius 2 is 1.79 bits per heavy atom. The molecule has 1 amide bonds. The summed E-state index contributed by atoms with van der Waals surface area (Å²) in [5.74, 6) is -0.368. The number of benzene rings is 1. The summed E-state index contributed by atoms with van der Waals surface area (Å²) < 4.78 is 28.1. The van der Waals surface area contributed by atoms with E-state index < -0.39 is 16.1 Å². The SMILES string of the molecule is CCc1ccc(S(=O)(=O)N[C@H](C(=O)NC(C)C)c2ccccc2)s1. The van der Waals surface area contributed by atoms with Gasteiger partial charge in [0, 0.05) is 10.9 Å². The normalized spacial score (nSPS) is 13.0. The Morgan fingerprint density at radius 1 is 1.12 bits per heavy atom. The summed E-state index contributed by atoms with van der Waals surface area (Å²) >= 11 is 1.22. The average Bonchev–Trinajstić information content (AvgIpc) is 3.03. The molecular weight excluding hydrogens is 344 g/mol. The van der Waals surface area contributed by atoms with E-state index in [1.54, 1.807) is 36.4 Å². The Morgan fingerprint density at radius 3 is 2.33 bits per heavy atom. The Hall–Kier alpha value is -1.70. The monoisotopic (exact) mass is 366 g/mol. The zero-order chi connectivity index (χ0) is 17.7. The van der Waals surface area contributed by atoms with Gasteiger partial charge in [-0.3, -0.25) is 4.79 Å². The van der Waals surface area contributed by atoms with Crippen molar-refractivity contribution in [2.45, 2.75) is 43.5 Å². The van der Waals surface area contributed by atoms with Crippen molar-refractivity contribution in [1.29, 1.82) is 0 Å². The van der Waals surface area contributed by atoms with Crippen molar-refractivity contribution in [1.82, 2.24) is 10.0 Å². The van der Waals surface area contributed by atoms with Crippen LogP contribution in [0, 0.1) is 0 Å². The largest absolute Gasteiger partial charge is 0.352 e. The van der Waals surface area contributed by atoms with Crippen LogP contribution in [0.25, 0.3) is 0 Å². The van der Waals surface area contributed by atoms with E-state index in [-0.39, 0.29) is 16.2 Å². The lowest BCUT2D eigenvalue weighted by Crippen LogP contribution is -2.42. The number of aryl methyl sites for hydroxylation is 1. The van der Waals surface area contributed by atoms with Crippen molar-refractivity contribution in [2.24, 2.45) is 0 Å². The Balaban J connectivity index is 2.32.